The number of pyridine rings is 1. The van der Waals surface area contributed by atoms with E-state index in [1.54, 1.807) is 23.5 Å². The van der Waals surface area contributed by atoms with E-state index in [1.165, 1.54) is 32.8 Å². The largest absolute Gasteiger partial charge is 0.496 e. The van der Waals surface area contributed by atoms with Crippen LogP contribution in [0.4, 0.5) is 13.2 Å². The summed E-state index contributed by atoms with van der Waals surface area (Å²) in [7, 11) is 1.51. The number of H-pyrrole nitrogens is 1. The van der Waals surface area contributed by atoms with Crippen LogP contribution >= 0.6 is 0 Å². The smallest absolute Gasteiger partial charge is 0.471 e. The summed E-state index contributed by atoms with van der Waals surface area (Å²) in [5, 5.41) is 5.01. The number of nitrogens with one attached hydrogen (secondary N) is 3. The Hall–Kier alpha value is -4.10. The van der Waals surface area contributed by atoms with E-state index in [2.05, 4.69) is 10.3 Å². The minimum absolute atomic E-state index is 0.0793. The van der Waals surface area contributed by atoms with Gasteiger partial charge in [0.25, 0.3) is 5.56 Å². The number of nitrogens with two attached hydrogens (primary N) is 1. The number of rotatable bonds is 8. The average Bonchev–Trinajstić information content (AvgIpc) is 3.21. The first-order valence-electron chi connectivity index (χ1n) is 14.2. The van der Waals surface area contributed by atoms with Gasteiger partial charge in [-0.15, -0.1) is 0 Å². The maximum atomic E-state index is 13.8. The third-order valence-corrected chi connectivity index (χ3v) is 8.93. The van der Waals surface area contributed by atoms with Gasteiger partial charge in [0.1, 0.15) is 23.9 Å². The van der Waals surface area contributed by atoms with Crippen molar-refractivity contribution in [3.05, 3.63) is 39.7 Å². The summed E-state index contributed by atoms with van der Waals surface area (Å²) in [6.45, 7) is 10.2. The van der Waals surface area contributed by atoms with Gasteiger partial charge in [-0.05, 0) is 53.4 Å². The molecule has 0 radical (unpaired) electrons. The van der Waals surface area contributed by atoms with Gasteiger partial charge in [-0.25, -0.2) is 0 Å². The van der Waals surface area contributed by atoms with E-state index in [0.29, 0.717) is 16.7 Å². The zero-order valence-corrected chi connectivity index (χ0v) is 25.6. The van der Waals surface area contributed by atoms with E-state index >= 15 is 0 Å². The first-order valence-corrected chi connectivity index (χ1v) is 14.2. The molecule has 1 saturated heterocycles. The van der Waals surface area contributed by atoms with E-state index in [9.17, 15) is 37.1 Å². The molecular weight excluding hydrogens is 583 g/mol. The molecule has 0 bridgehead atoms. The highest BCUT2D eigenvalue weighted by Gasteiger charge is 2.70. The van der Waals surface area contributed by atoms with Gasteiger partial charge in [-0.1, -0.05) is 34.6 Å². The number of aromatic nitrogens is 1. The fourth-order valence-corrected chi connectivity index (χ4v) is 6.30. The Labute approximate surface area is 252 Å². The molecule has 1 saturated carbocycles. The fourth-order valence-electron chi connectivity index (χ4n) is 6.30. The fraction of sp³-hybridized carbons (Fsp3) is 0.567. The van der Waals surface area contributed by atoms with E-state index in [1.807, 2.05) is 20.8 Å². The summed E-state index contributed by atoms with van der Waals surface area (Å²) in [4.78, 5) is 68.6. The Morgan fingerprint density at radius 3 is 2.32 bits per heavy atom. The number of halogens is 3. The number of piperidine rings is 1. The Balaban J connectivity index is 1.61. The summed E-state index contributed by atoms with van der Waals surface area (Å²) in [5.41, 5.74) is 5.17. The molecule has 0 spiro atoms. The number of aryl methyl sites for hydroxylation is 1. The van der Waals surface area contributed by atoms with E-state index in [0.717, 1.165) is 5.56 Å². The van der Waals surface area contributed by atoms with Gasteiger partial charge in [0.05, 0.1) is 7.11 Å². The third kappa shape index (κ3) is 6.11. The second-order valence-electron chi connectivity index (χ2n) is 13.4. The van der Waals surface area contributed by atoms with Gasteiger partial charge < -0.3 is 31.0 Å². The number of ether oxygens (including phenoxy) is 1. The summed E-state index contributed by atoms with van der Waals surface area (Å²) in [5.74, 6) is -4.66. The Morgan fingerprint density at radius 1 is 1.14 bits per heavy atom. The molecule has 14 heteroatoms. The molecule has 4 amide bonds. The molecule has 44 heavy (non-hydrogen) atoms. The van der Waals surface area contributed by atoms with Crippen molar-refractivity contribution in [1.29, 1.82) is 0 Å². The van der Waals surface area contributed by atoms with E-state index < -0.39 is 58.9 Å². The monoisotopic (exact) mass is 621 g/mol. The normalized spacial score (nSPS) is 22.1. The topological polar surface area (TPSA) is 164 Å². The van der Waals surface area contributed by atoms with Gasteiger partial charge in [-0.2, -0.15) is 13.2 Å². The average molecular weight is 622 g/mol. The van der Waals surface area contributed by atoms with Crippen LogP contribution in [0.15, 0.2) is 23.0 Å². The molecule has 11 nitrogen and oxygen atoms in total. The number of hydrogen-bond donors (Lipinski definition) is 4. The Kier molecular flexibility index (Phi) is 8.29. The molecular formula is C30H38F3N5O6. The highest BCUT2D eigenvalue weighted by molar-refractivity contribution is 5.96. The molecule has 1 aliphatic heterocycles. The number of carbonyl (C=O) groups is 4. The zero-order valence-electron chi connectivity index (χ0n) is 25.6. The Morgan fingerprint density at radius 2 is 1.77 bits per heavy atom. The van der Waals surface area contributed by atoms with Crippen LogP contribution in [0.3, 0.4) is 0 Å². The second-order valence-corrected chi connectivity index (χ2v) is 13.4. The molecule has 5 atom stereocenters. The molecule has 2 fully saturated rings. The molecule has 1 aliphatic carbocycles. The number of fused-ring (bicyclic) bond motifs is 2. The molecule has 0 unspecified atom stereocenters. The number of likely N-dealkylation sites (tertiary alicyclic amines) is 1. The van der Waals surface area contributed by atoms with Crippen molar-refractivity contribution in [1.82, 2.24) is 20.5 Å². The van der Waals surface area contributed by atoms with Crippen LogP contribution in [0.1, 0.15) is 45.7 Å². The van der Waals surface area contributed by atoms with Crippen LogP contribution in [0.2, 0.25) is 0 Å². The van der Waals surface area contributed by atoms with Crippen molar-refractivity contribution < 1.29 is 37.1 Å². The lowest BCUT2D eigenvalue weighted by Crippen LogP contribution is -2.61. The number of hydrogen-bond acceptors (Lipinski definition) is 6. The van der Waals surface area contributed by atoms with Gasteiger partial charge in [-0.3, -0.25) is 24.0 Å². The lowest BCUT2D eigenvalue weighted by Gasteiger charge is -2.38. The quantitative estimate of drug-likeness (QED) is 0.352. The van der Waals surface area contributed by atoms with Crippen LogP contribution in [-0.4, -0.2) is 71.5 Å². The van der Waals surface area contributed by atoms with Crippen LogP contribution in [0.5, 0.6) is 5.75 Å². The van der Waals surface area contributed by atoms with Gasteiger partial charge in [0.15, 0.2) is 0 Å². The van der Waals surface area contributed by atoms with Crippen LogP contribution in [0, 0.1) is 29.6 Å². The standard InChI is InChI=1S/C30H38F3N5O6/c1-13-8-17-14(11-19(13)44-7)9-15(24(40)35-17)10-18(23(34)39)36-25(41)21-20-16(29(20,5)6)12-38(21)26(42)22(28(2,3)4)37-27(43)30(31,32)33/h8-9,11,16,18,20-22H,10,12H2,1-7H3,(H2,34,39)(H,35,40)(H,36,41)(H,37,43)/t16-,18-,20-,21-,22+/m0/s1. The number of aromatic amines is 1. The van der Waals surface area contributed by atoms with Crippen molar-refractivity contribution in [3.63, 3.8) is 0 Å². The number of carbonyl (C=O) groups excluding carboxylic acids is 4. The van der Waals surface area contributed by atoms with Crippen molar-refractivity contribution >= 4 is 34.5 Å². The summed E-state index contributed by atoms with van der Waals surface area (Å²) >= 11 is 0. The van der Waals surface area contributed by atoms with Gasteiger partial charge in [0, 0.05) is 29.4 Å². The molecule has 2 aromatic rings. The maximum Gasteiger partial charge on any atom is 0.471 e. The first kappa shape index (κ1) is 32.8. The van der Waals surface area contributed by atoms with Gasteiger partial charge in [0.2, 0.25) is 17.7 Å². The van der Waals surface area contributed by atoms with Crippen LogP contribution in [-0.2, 0) is 25.6 Å². The maximum absolute atomic E-state index is 13.8. The number of nitrogens with zero attached hydrogens (tertiary/aromatic N) is 1. The molecule has 240 valence electrons. The first-order chi connectivity index (χ1) is 20.2. The summed E-state index contributed by atoms with van der Waals surface area (Å²) < 4.78 is 44.7. The second kappa shape index (κ2) is 11.1. The van der Waals surface area contributed by atoms with Crippen molar-refractivity contribution in [2.75, 3.05) is 13.7 Å². The molecule has 2 aliphatic rings. The van der Waals surface area contributed by atoms with Crippen molar-refractivity contribution in [2.24, 2.45) is 28.4 Å². The lowest BCUT2D eigenvalue weighted by atomic mass is 9.85. The highest BCUT2D eigenvalue weighted by atomic mass is 19.4. The predicted molar refractivity (Wildman–Crippen MR) is 154 cm³/mol. The van der Waals surface area contributed by atoms with Crippen molar-refractivity contribution in [3.8, 4) is 5.75 Å². The number of amides is 4. The molecule has 1 aromatic heterocycles. The number of alkyl halides is 3. The predicted octanol–water partition coefficient (Wildman–Crippen LogP) is 1.93. The molecule has 1 aromatic carbocycles. The zero-order chi connectivity index (χ0) is 33.1. The summed E-state index contributed by atoms with van der Waals surface area (Å²) in [6.07, 6.45) is -5.47. The Bertz CT molecular complexity index is 1580. The minimum atomic E-state index is -5.21. The highest BCUT2D eigenvalue weighted by Crippen LogP contribution is 2.65. The number of methoxy groups -OCH3 is 1. The SMILES string of the molecule is COc1cc2cc(C[C@H](NC(=O)[C@@H]3[C@@H]4[C@H](CN3C(=O)[C@@H](NC(=O)C(F)(F)F)C(C)(C)C)C4(C)C)C(N)=O)c(=O)[nH]c2cc1C. The molecule has 2 heterocycles. The molecule has 5 N–H and O–H groups in total. The third-order valence-electron chi connectivity index (χ3n) is 8.93. The van der Waals surface area contributed by atoms with E-state index in [-0.39, 0.29) is 35.8 Å². The van der Waals surface area contributed by atoms with Crippen LogP contribution < -0.4 is 26.7 Å². The number of benzene rings is 1. The minimum Gasteiger partial charge on any atom is -0.496 e. The lowest BCUT2D eigenvalue weighted by molar-refractivity contribution is -0.176. The molecule has 4 rings (SSSR count). The number of primary amides is 1. The summed E-state index contributed by atoms with van der Waals surface area (Å²) in [6, 6.07) is 0.974. The van der Waals surface area contributed by atoms with E-state index in [4.69, 9.17) is 10.5 Å². The van der Waals surface area contributed by atoms with Crippen LogP contribution in [0.25, 0.3) is 10.9 Å². The van der Waals surface area contributed by atoms with Gasteiger partial charge >= 0.3 is 12.1 Å². The van der Waals surface area contributed by atoms with Crippen molar-refractivity contribution in [2.45, 2.75) is 72.3 Å².